The van der Waals surface area contributed by atoms with Gasteiger partial charge in [-0.1, -0.05) is 18.2 Å². The van der Waals surface area contributed by atoms with E-state index in [0.717, 1.165) is 42.3 Å². The van der Waals surface area contributed by atoms with Crippen LogP contribution in [0.3, 0.4) is 0 Å². The summed E-state index contributed by atoms with van der Waals surface area (Å²) in [5.41, 5.74) is 0.966. The maximum absolute atomic E-state index is 13.4. The number of carbonyl (C=O) groups is 1. The molecule has 0 unspecified atom stereocenters. The standard InChI is InChI=1S/C19H22F3N3O2/c1-12-7-4-5-9-14(12)25-15-10-6-8-13(15)16(24-25)17(26)23-18(2,11-27-3)19(20,21)22/h4-5,7,9H,6,8,10-11H2,1-3H3,(H,23,26)/t18-/m1/s1. The Kier molecular flexibility index (Phi) is 5.03. The number of benzene rings is 1. The van der Waals surface area contributed by atoms with Gasteiger partial charge in [0.25, 0.3) is 5.91 Å². The maximum Gasteiger partial charge on any atom is 0.413 e. The van der Waals surface area contributed by atoms with Crippen LogP contribution >= 0.6 is 0 Å². The van der Waals surface area contributed by atoms with Crippen LogP contribution in [0.25, 0.3) is 5.69 Å². The van der Waals surface area contributed by atoms with Crippen molar-refractivity contribution in [2.24, 2.45) is 0 Å². The van der Waals surface area contributed by atoms with Crippen molar-refractivity contribution in [2.45, 2.75) is 44.8 Å². The number of fused-ring (bicyclic) bond motifs is 1. The molecule has 1 atom stereocenters. The third-order valence-electron chi connectivity index (χ3n) is 4.94. The van der Waals surface area contributed by atoms with Gasteiger partial charge < -0.3 is 10.1 Å². The molecule has 146 valence electrons. The third-order valence-corrected chi connectivity index (χ3v) is 4.94. The molecule has 27 heavy (non-hydrogen) atoms. The first-order chi connectivity index (χ1) is 12.7. The second-order valence-electron chi connectivity index (χ2n) is 7.04. The highest BCUT2D eigenvalue weighted by atomic mass is 19.4. The van der Waals surface area contributed by atoms with Crippen LogP contribution < -0.4 is 5.32 Å². The predicted molar refractivity (Wildman–Crippen MR) is 94.1 cm³/mol. The lowest BCUT2D eigenvalue weighted by Gasteiger charge is -2.32. The van der Waals surface area contributed by atoms with Gasteiger partial charge in [0.05, 0.1) is 12.3 Å². The van der Waals surface area contributed by atoms with E-state index in [-0.39, 0.29) is 5.69 Å². The lowest BCUT2D eigenvalue weighted by atomic mass is 10.0. The van der Waals surface area contributed by atoms with E-state index in [4.69, 9.17) is 4.74 Å². The summed E-state index contributed by atoms with van der Waals surface area (Å²) < 4.78 is 46.7. The normalized spacial score (nSPS) is 16.1. The van der Waals surface area contributed by atoms with E-state index in [9.17, 15) is 18.0 Å². The molecule has 0 saturated carbocycles. The molecule has 3 rings (SSSR count). The van der Waals surface area contributed by atoms with E-state index in [2.05, 4.69) is 10.4 Å². The molecule has 0 spiro atoms. The van der Waals surface area contributed by atoms with Gasteiger partial charge in [-0.25, -0.2) is 4.68 Å². The highest BCUT2D eigenvalue weighted by molar-refractivity contribution is 5.95. The van der Waals surface area contributed by atoms with Crippen LogP contribution in [0.5, 0.6) is 0 Å². The fraction of sp³-hybridized carbons (Fsp3) is 0.474. The summed E-state index contributed by atoms with van der Waals surface area (Å²) in [5.74, 6) is -0.836. The van der Waals surface area contributed by atoms with Gasteiger partial charge in [-0.3, -0.25) is 4.79 Å². The molecule has 0 saturated heterocycles. The molecule has 0 fully saturated rings. The molecule has 1 aromatic carbocycles. The highest BCUT2D eigenvalue weighted by Gasteiger charge is 2.52. The average Bonchev–Trinajstić information content (AvgIpc) is 3.17. The van der Waals surface area contributed by atoms with Crippen LogP contribution in [0.2, 0.25) is 0 Å². The molecule has 0 aliphatic heterocycles. The van der Waals surface area contributed by atoms with Crippen LogP contribution in [-0.2, 0) is 17.6 Å². The van der Waals surface area contributed by atoms with Crippen LogP contribution in [0.1, 0.15) is 40.7 Å². The molecule has 1 N–H and O–H groups in total. The van der Waals surface area contributed by atoms with Crippen LogP contribution in [0.4, 0.5) is 13.2 Å². The molecule has 1 aliphatic carbocycles. The molecule has 1 amide bonds. The van der Waals surface area contributed by atoms with Crippen molar-refractivity contribution in [3.63, 3.8) is 0 Å². The Morgan fingerprint density at radius 3 is 2.63 bits per heavy atom. The number of hydrogen-bond donors (Lipinski definition) is 1. The van der Waals surface area contributed by atoms with Gasteiger partial charge in [0.1, 0.15) is 0 Å². The molecule has 1 heterocycles. The monoisotopic (exact) mass is 381 g/mol. The minimum absolute atomic E-state index is 0.0531. The predicted octanol–water partition coefficient (Wildman–Crippen LogP) is 3.37. The molecule has 1 aromatic heterocycles. The quantitative estimate of drug-likeness (QED) is 0.864. The van der Waals surface area contributed by atoms with E-state index >= 15 is 0 Å². The molecule has 2 aromatic rings. The van der Waals surface area contributed by atoms with Crippen molar-refractivity contribution in [2.75, 3.05) is 13.7 Å². The number of aromatic nitrogens is 2. The van der Waals surface area contributed by atoms with E-state index in [1.54, 1.807) is 4.68 Å². The van der Waals surface area contributed by atoms with Gasteiger partial charge >= 0.3 is 6.18 Å². The van der Waals surface area contributed by atoms with Crippen LogP contribution in [-0.4, -0.2) is 41.1 Å². The lowest BCUT2D eigenvalue weighted by molar-refractivity contribution is -0.200. The van der Waals surface area contributed by atoms with E-state index in [1.165, 1.54) is 7.11 Å². The number of nitrogens with one attached hydrogen (secondary N) is 1. The Labute approximate surface area is 155 Å². The summed E-state index contributed by atoms with van der Waals surface area (Å²) in [6.45, 7) is 2.16. The van der Waals surface area contributed by atoms with Gasteiger partial charge in [0.2, 0.25) is 0 Å². The first-order valence-electron chi connectivity index (χ1n) is 8.73. The van der Waals surface area contributed by atoms with E-state index in [0.29, 0.717) is 6.42 Å². The maximum atomic E-state index is 13.4. The Morgan fingerprint density at radius 1 is 1.30 bits per heavy atom. The van der Waals surface area contributed by atoms with Gasteiger partial charge in [0, 0.05) is 18.4 Å². The zero-order valence-corrected chi connectivity index (χ0v) is 15.5. The summed E-state index contributed by atoms with van der Waals surface area (Å²) in [6, 6.07) is 7.57. The number of ether oxygens (including phenoxy) is 1. The number of methoxy groups -OCH3 is 1. The second kappa shape index (κ2) is 6.99. The zero-order valence-electron chi connectivity index (χ0n) is 15.5. The number of nitrogens with zero attached hydrogens (tertiary/aromatic N) is 2. The number of rotatable bonds is 5. The molecule has 1 aliphatic rings. The molecule has 5 nitrogen and oxygen atoms in total. The number of hydrogen-bond acceptors (Lipinski definition) is 3. The highest BCUT2D eigenvalue weighted by Crippen LogP contribution is 2.32. The smallest absolute Gasteiger partial charge is 0.382 e. The Hall–Kier alpha value is -2.35. The third kappa shape index (κ3) is 3.45. The molecular weight excluding hydrogens is 359 g/mol. The van der Waals surface area contributed by atoms with Crippen LogP contribution in [0.15, 0.2) is 24.3 Å². The van der Waals surface area contributed by atoms with Crippen molar-refractivity contribution in [1.82, 2.24) is 15.1 Å². The van der Waals surface area contributed by atoms with Crippen molar-refractivity contribution in [1.29, 1.82) is 0 Å². The molecule has 0 radical (unpaired) electrons. The largest absolute Gasteiger partial charge is 0.413 e. The van der Waals surface area contributed by atoms with Crippen molar-refractivity contribution >= 4 is 5.91 Å². The fourth-order valence-electron chi connectivity index (χ4n) is 3.41. The first-order valence-corrected chi connectivity index (χ1v) is 8.73. The van der Waals surface area contributed by atoms with Crippen LogP contribution in [0, 0.1) is 6.92 Å². The van der Waals surface area contributed by atoms with Gasteiger partial charge in [-0.05, 0) is 44.7 Å². The molecule has 0 bridgehead atoms. The van der Waals surface area contributed by atoms with Crippen molar-refractivity contribution < 1.29 is 22.7 Å². The van der Waals surface area contributed by atoms with Gasteiger partial charge in [0.15, 0.2) is 11.2 Å². The SMILES string of the molecule is COC[C@@](C)(NC(=O)c1nn(-c2ccccc2C)c2c1CCC2)C(F)(F)F. The van der Waals surface area contributed by atoms with Crippen molar-refractivity contribution in [3.05, 3.63) is 46.8 Å². The molecule has 8 heteroatoms. The number of carbonyl (C=O) groups excluding carboxylic acids is 1. The minimum Gasteiger partial charge on any atom is -0.382 e. The summed E-state index contributed by atoms with van der Waals surface area (Å²) in [4.78, 5) is 12.7. The topological polar surface area (TPSA) is 56.1 Å². The molecular formula is C19H22F3N3O2. The number of halogens is 3. The Balaban J connectivity index is 2.00. The number of amides is 1. The van der Waals surface area contributed by atoms with E-state index < -0.39 is 24.2 Å². The van der Waals surface area contributed by atoms with Gasteiger partial charge in [-0.15, -0.1) is 0 Å². The first kappa shape index (κ1) is 19.4. The van der Waals surface area contributed by atoms with Gasteiger partial charge in [-0.2, -0.15) is 18.3 Å². The minimum atomic E-state index is -4.65. The second-order valence-corrected chi connectivity index (χ2v) is 7.04. The number of para-hydroxylation sites is 1. The Bertz CT molecular complexity index is 860. The summed E-state index contributed by atoms with van der Waals surface area (Å²) in [6.07, 6.45) is -2.45. The fourth-order valence-corrected chi connectivity index (χ4v) is 3.41. The van der Waals surface area contributed by atoms with Crippen molar-refractivity contribution in [3.8, 4) is 5.69 Å². The lowest BCUT2D eigenvalue weighted by Crippen LogP contribution is -2.59. The van der Waals surface area contributed by atoms with E-state index in [1.807, 2.05) is 31.2 Å². The Morgan fingerprint density at radius 2 is 2.00 bits per heavy atom. The summed E-state index contributed by atoms with van der Waals surface area (Å²) >= 11 is 0. The summed E-state index contributed by atoms with van der Waals surface area (Å²) in [5, 5.41) is 6.48. The number of aryl methyl sites for hydroxylation is 1. The zero-order chi connectivity index (χ0) is 19.8. The summed E-state index contributed by atoms with van der Waals surface area (Å²) in [7, 11) is 1.17. The average molecular weight is 381 g/mol. The number of alkyl halides is 3.